The second-order valence-corrected chi connectivity index (χ2v) is 7.58. The summed E-state index contributed by atoms with van der Waals surface area (Å²) in [5.41, 5.74) is 1.37. The first-order chi connectivity index (χ1) is 10.3. The molecule has 118 valence electrons. The Morgan fingerprint density at radius 3 is 2.62 bits per heavy atom. The standard InChI is InChI=1S/C17H29N3S/c1-3-18-14-11-8-12-15-16(14)21-17(19-15)20(2)13-9-6-4-5-7-10-13/h13-14,18H,3-12H2,1-2H3. The van der Waals surface area contributed by atoms with E-state index >= 15 is 0 Å². The van der Waals surface area contributed by atoms with Gasteiger partial charge in [0.05, 0.1) is 5.69 Å². The van der Waals surface area contributed by atoms with Gasteiger partial charge >= 0.3 is 0 Å². The molecule has 4 heteroatoms. The Kier molecular flexibility index (Phi) is 5.17. The quantitative estimate of drug-likeness (QED) is 0.841. The van der Waals surface area contributed by atoms with E-state index in [1.165, 1.54) is 73.5 Å². The summed E-state index contributed by atoms with van der Waals surface area (Å²) in [7, 11) is 2.27. The highest BCUT2D eigenvalue weighted by molar-refractivity contribution is 7.15. The molecule has 0 amide bonds. The topological polar surface area (TPSA) is 28.2 Å². The molecule has 1 N–H and O–H groups in total. The van der Waals surface area contributed by atoms with Gasteiger partial charge in [-0.2, -0.15) is 0 Å². The molecule has 1 aromatic heterocycles. The Morgan fingerprint density at radius 1 is 1.14 bits per heavy atom. The van der Waals surface area contributed by atoms with Gasteiger partial charge in [-0.3, -0.25) is 0 Å². The van der Waals surface area contributed by atoms with E-state index in [0.717, 1.165) is 6.54 Å². The molecule has 1 aromatic rings. The largest absolute Gasteiger partial charge is 0.348 e. The molecule has 1 unspecified atom stereocenters. The normalized spacial score (nSPS) is 23.6. The van der Waals surface area contributed by atoms with Crippen LogP contribution in [0, 0.1) is 0 Å². The number of hydrogen-bond donors (Lipinski definition) is 1. The fourth-order valence-electron chi connectivity index (χ4n) is 3.80. The number of hydrogen-bond acceptors (Lipinski definition) is 4. The van der Waals surface area contributed by atoms with E-state index in [1.807, 2.05) is 11.3 Å². The van der Waals surface area contributed by atoms with Gasteiger partial charge in [0.1, 0.15) is 0 Å². The van der Waals surface area contributed by atoms with Gasteiger partial charge in [-0.25, -0.2) is 4.98 Å². The molecular formula is C17H29N3S. The van der Waals surface area contributed by atoms with Crippen LogP contribution in [0.2, 0.25) is 0 Å². The van der Waals surface area contributed by atoms with E-state index in [4.69, 9.17) is 4.98 Å². The third-order valence-corrected chi connectivity index (χ3v) is 6.37. The van der Waals surface area contributed by atoms with Crippen LogP contribution in [0.5, 0.6) is 0 Å². The van der Waals surface area contributed by atoms with Crippen molar-refractivity contribution in [1.82, 2.24) is 10.3 Å². The van der Waals surface area contributed by atoms with Gasteiger partial charge in [-0.05, 0) is 38.6 Å². The first-order valence-corrected chi connectivity index (χ1v) is 9.57. The minimum absolute atomic E-state index is 0.549. The van der Waals surface area contributed by atoms with Crippen molar-refractivity contribution in [2.45, 2.75) is 76.8 Å². The monoisotopic (exact) mass is 307 g/mol. The fourth-order valence-corrected chi connectivity index (χ4v) is 5.05. The van der Waals surface area contributed by atoms with Crippen molar-refractivity contribution < 1.29 is 0 Å². The minimum Gasteiger partial charge on any atom is -0.348 e. The molecule has 2 aliphatic carbocycles. The third-order valence-electron chi connectivity index (χ3n) is 5.06. The van der Waals surface area contributed by atoms with Gasteiger partial charge in [-0.15, -0.1) is 0 Å². The first-order valence-electron chi connectivity index (χ1n) is 8.75. The lowest BCUT2D eigenvalue weighted by Gasteiger charge is -2.26. The van der Waals surface area contributed by atoms with Gasteiger partial charge < -0.3 is 10.2 Å². The summed E-state index contributed by atoms with van der Waals surface area (Å²) in [5, 5.41) is 4.90. The molecular weight excluding hydrogens is 278 g/mol. The SMILES string of the molecule is CCNC1CCCc2nc(N(C)C3CCCCCC3)sc21. The Morgan fingerprint density at radius 2 is 1.90 bits per heavy atom. The fraction of sp³-hybridized carbons (Fsp3) is 0.824. The molecule has 0 spiro atoms. The molecule has 3 nitrogen and oxygen atoms in total. The van der Waals surface area contributed by atoms with Gasteiger partial charge in [0.2, 0.25) is 0 Å². The summed E-state index contributed by atoms with van der Waals surface area (Å²) in [6, 6.07) is 1.25. The second kappa shape index (κ2) is 7.10. The summed E-state index contributed by atoms with van der Waals surface area (Å²) in [4.78, 5) is 8.99. The van der Waals surface area contributed by atoms with Gasteiger partial charge in [0, 0.05) is 24.0 Å². The van der Waals surface area contributed by atoms with Gasteiger partial charge in [0.25, 0.3) is 0 Å². The van der Waals surface area contributed by atoms with Crippen LogP contribution >= 0.6 is 11.3 Å². The van der Waals surface area contributed by atoms with Crippen LogP contribution < -0.4 is 10.2 Å². The van der Waals surface area contributed by atoms with Crippen LogP contribution in [0.25, 0.3) is 0 Å². The number of anilines is 1. The second-order valence-electron chi connectivity index (χ2n) is 6.57. The van der Waals surface area contributed by atoms with Crippen LogP contribution in [-0.4, -0.2) is 24.6 Å². The third kappa shape index (κ3) is 3.42. The highest BCUT2D eigenvalue weighted by atomic mass is 32.1. The molecule has 0 saturated heterocycles. The molecule has 2 aliphatic rings. The Hall–Kier alpha value is -0.610. The number of aromatic nitrogens is 1. The molecule has 3 rings (SSSR count). The molecule has 1 fully saturated rings. The van der Waals surface area contributed by atoms with Crippen LogP contribution in [0.15, 0.2) is 0 Å². The Balaban J connectivity index is 1.76. The molecule has 0 aliphatic heterocycles. The van der Waals surface area contributed by atoms with E-state index in [-0.39, 0.29) is 0 Å². The maximum atomic E-state index is 4.99. The van der Waals surface area contributed by atoms with Crippen molar-refractivity contribution in [2.75, 3.05) is 18.5 Å². The number of aryl methyl sites for hydroxylation is 1. The van der Waals surface area contributed by atoms with E-state index in [0.29, 0.717) is 12.1 Å². The van der Waals surface area contributed by atoms with Crippen molar-refractivity contribution in [1.29, 1.82) is 0 Å². The number of nitrogens with one attached hydrogen (secondary N) is 1. The summed E-state index contributed by atoms with van der Waals surface area (Å²) in [5.74, 6) is 0. The van der Waals surface area contributed by atoms with E-state index in [1.54, 1.807) is 0 Å². The zero-order valence-corrected chi connectivity index (χ0v) is 14.3. The summed E-state index contributed by atoms with van der Waals surface area (Å²) >= 11 is 1.94. The number of rotatable bonds is 4. The number of thiazole rings is 1. The lowest BCUT2D eigenvalue weighted by molar-refractivity contribution is 0.476. The molecule has 0 aromatic carbocycles. The van der Waals surface area contributed by atoms with Crippen LogP contribution in [0.1, 0.15) is 74.9 Å². The zero-order valence-electron chi connectivity index (χ0n) is 13.5. The van der Waals surface area contributed by atoms with Crippen LogP contribution in [0.4, 0.5) is 5.13 Å². The van der Waals surface area contributed by atoms with E-state index in [2.05, 4.69) is 24.2 Å². The number of fused-ring (bicyclic) bond motifs is 1. The Labute approximate surface area is 133 Å². The predicted molar refractivity (Wildman–Crippen MR) is 91.4 cm³/mol. The molecule has 21 heavy (non-hydrogen) atoms. The van der Waals surface area contributed by atoms with Crippen molar-refractivity contribution in [3.05, 3.63) is 10.6 Å². The van der Waals surface area contributed by atoms with Crippen molar-refractivity contribution in [3.63, 3.8) is 0 Å². The lowest BCUT2D eigenvalue weighted by atomic mass is 9.98. The first kappa shape index (κ1) is 15.3. The predicted octanol–water partition coefficient (Wildman–Crippen LogP) is 4.29. The zero-order chi connectivity index (χ0) is 14.7. The van der Waals surface area contributed by atoms with Crippen molar-refractivity contribution in [2.24, 2.45) is 0 Å². The van der Waals surface area contributed by atoms with Gasteiger partial charge in [0.15, 0.2) is 5.13 Å². The summed E-state index contributed by atoms with van der Waals surface area (Å²) in [6.07, 6.45) is 12.0. The van der Waals surface area contributed by atoms with E-state index in [9.17, 15) is 0 Å². The van der Waals surface area contributed by atoms with Gasteiger partial charge in [-0.1, -0.05) is 43.9 Å². The molecule has 1 heterocycles. The average Bonchev–Trinajstić information content (AvgIpc) is 2.75. The maximum Gasteiger partial charge on any atom is 0.185 e. The van der Waals surface area contributed by atoms with E-state index < -0.39 is 0 Å². The number of nitrogens with zero attached hydrogens (tertiary/aromatic N) is 2. The smallest absolute Gasteiger partial charge is 0.185 e. The van der Waals surface area contributed by atoms with Crippen LogP contribution in [0.3, 0.4) is 0 Å². The Bertz CT molecular complexity index is 449. The van der Waals surface area contributed by atoms with Crippen molar-refractivity contribution in [3.8, 4) is 0 Å². The average molecular weight is 308 g/mol. The summed E-state index contributed by atoms with van der Waals surface area (Å²) < 4.78 is 0. The molecule has 1 atom stereocenters. The molecule has 0 bridgehead atoms. The van der Waals surface area contributed by atoms with Crippen LogP contribution in [-0.2, 0) is 6.42 Å². The summed E-state index contributed by atoms with van der Waals surface area (Å²) in [6.45, 7) is 3.25. The maximum absolute atomic E-state index is 4.99. The highest BCUT2D eigenvalue weighted by Crippen LogP contribution is 2.38. The van der Waals surface area contributed by atoms with Crippen molar-refractivity contribution >= 4 is 16.5 Å². The molecule has 1 saturated carbocycles. The molecule has 0 radical (unpaired) electrons. The minimum atomic E-state index is 0.549. The lowest BCUT2D eigenvalue weighted by Crippen LogP contribution is -2.30. The highest BCUT2D eigenvalue weighted by Gasteiger charge is 2.27.